The highest BCUT2D eigenvalue weighted by Crippen LogP contribution is 2.36. The van der Waals surface area contributed by atoms with E-state index in [2.05, 4.69) is 10.0 Å². The number of aliphatic hydroxyl groups is 1. The van der Waals surface area contributed by atoms with Gasteiger partial charge in [-0.3, -0.25) is 0 Å². The van der Waals surface area contributed by atoms with Crippen molar-refractivity contribution in [3.05, 3.63) is 226 Å². The summed E-state index contributed by atoms with van der Waals surface area (Å²) < 4.78 is 67.6. The van der Waals surface area contributed by atoms with E-state index < -0.39 is 61.4 Å². The topological polar surface area (TPSA) is 161 Å². The van der Waals surface area contributed by atoms with Gasteiger partial charge in [-0.1, -0.05) is 187 Å². The minimum Gasteiger partial charge on any atom is -0.387 e. The average molecular weight is 966 g/mol. The number of hydrogen-bond donors (Lipinski definition) is 1. The van der Waals surface area contributed by atoms with Gasteiger partial charge >= 0.3 is 0 Å². The third kappa shape index (κ3) is 15.8. The van der Waals surface area contributed by atoms with Gasteiger partial charge in [0, 0.05) is 18.1 Å². The molecule has 2 heterocycles. The molecule has 0 saturated carbocycles. The smallest absolute Gasteiger partial charge is 0.187 e. The first kappa shape index (κ1) is 51.5. The molecule has 0 amide bonds. The van der Waals surface area contributed by atoms with Gasteiger partial charge in [-0.05, 0) is 45.3 Å². The van der Waals surface area contributed by atoms with E-state index >= 15 is 0 Å². The first-order chi connectivity index (χ1) is 35.1. The number of hydrogen-bond acceptors (Lipinski definition) is 12. The van der Waals surface area contributed by atoms with E-state index in [9.17, 15) is 5.11 Å². The van der Waals surface area contributed by atoms with Gasteiger partial charge in [0.2, 0.25) is 0 Å². The Balaban J connectivity index is 1.15. The Morgan fingerprint density at radius 1 is 0.423 bits per heavy atom. The van der Waals surface area contributed by atoms with Crippen LogP contribution in [0.4, 0.5) is 0 Å². The molecule has 6 aromatic rings. The second kappa shape index (κ2) is 28.3. The average Bonchev–Trinajstić information content (AvgIpc) is 3.42. The molecule has 10 atom stereocenters. The van der Waals surface area contributed by atoms with Crippen molar-refractivity contribution in [2.45, 2.75) is 107 Å². The fraction of sp³-hybridized carbons (Fsp3) is 0.368. The number of rotatable bonds is 27. The first-order valence-corrected chi connectivity index (χ1v) is 24.2. The van der Waals surface area contributed by atoms with Crippen LogP contribution in [0.5, 0.6) is 0 Å². The van der Waals surface area contributed by atoms with E-state index in [1.165, 1.54) is 0 Å². The number of azide groups is 1. The highest BCUT2D eigenvalue weighted by Gasteiger charge is 2.54. The fourth-order valence-electron chi connectivity index (χ4n) is 8.53. The summed E-state index contributed by atoms with van der Waals surface area (Å²) in [5.41, 5.74) is 14.6. The Morgan fingerprint density at radius 3 is 1.23 bits per heavy atom. The number of ether oxygens (including phenoxy) is 10. The third-order valence-corrected chi connectivity index (χ3v) is 12.2. The van der Waals surface area contributed by atoms with Gasteiger partial charge in [0.1, 0.15) is 48.8 Å². The molecule has 2 fully saturated rings. The summed E-state index contributed by atoms with van der Waals surface area (Å²) in [5, 5.41) is 16.4. The van der Waals surface area contributed by atoms with E-state index in [0.717, 1.165) is 33.4 Å². The lowest BCUT2D eigenvalue weighted by molar-refractivity contribution is -0.375. The minimum atomic E-state index is -1.26. The summed E-state index contributed by atoms with van der Waals surface area (Å²) in [6, 6.07) is 58.9. The number of aliphatic hydroxyl groups excluding tert-OH is 1. The van der Waals surface area contributed by atoms with Crippen LogP contribution in [0, 0.1) is 0 Å². The van der Waals surface area contributed by atoms with Crippen molar-refractivity contribution in [2.24, 2.45) is 5.11 Å². The van der Waals surface area contributed by atoms with Gasteiger partial charge in [-0.25, -0.2) is 0 Å². The van der Waals surface area contributed by atoms with Crippen molar-refractivity contribution in [1.82, 2.24) is 0 Å². The first-order valence-electron chi connectivity index (χ1n) is 24.2. The zero-order valence-corrected chi connectivity index (χ0v) is 39.7. The normalized spacial score (nSPS) is 24.2. The molecule has 2 aliphatic heterocycles. The van der Waals surface area contributed by atoms with Gasteiger partial charge in [0.25, 0.3) is 0 Å². The fourth-order valence-corrected chi connectivity index (χ4v) is 8.53. The third-order valence-electron chi connectivity index (χ3n) is 12.2. The molecular weight excluding hydrogens is 903 g/mol. The van der Waals surface area contributed by atoms with Gasteiger partial charge in [0.15, 0.2) is 12.6 Å². The Labute approximate surface area is 415 Å². The van der Waals surface area contributed by atoms with Crippen LogP contribution in [0.2, 0.25) is 0 Å². The molecule has 0 radical (unpaired) electrons. The summed E-state index contributed by atoms with van der Waals surface area (Å²) in [6.45, 7) is 1.86. The zero-order chi connectivity index (χ0) is 48.7. The Morgan fingerprint density at radius 2 is 0.789 bits per heavy atom. The van der Waals surface area contributed by atoms with Crippen LogP contribution in [-0.2, 0) is 87.0 Å². The van der Waals surface area contributed by atoms with Crippen molar-refractivity contribution in [2.75, 3.05) is 26.4 Å². The van der Waals surface area contributed by atoms with Crippen LogP contribution >= 0.6 is 0 Å². The molecule has 1 N–H and O–H groups in total. The van der Waals surface area contributed by atoms with Crippen LogP contribution in [0.15, 0.2) is 187 Å². The van der Waals surface area contributed by atoms with E-state index in [4.69, 9.17) is 52.9 Å². The van der Waals surface area contributed by atoms with Crippen LogP contribution < -0.4 is 0 Å². The molecule has 0 unspecified atom stereocenters. The second-order valence-corrected chi connectivity index (χ2v) is 17.4. The quantitative estimate of drug-likeness (QED) is 0.0227. The molecule has 2 saturated heterocycles. The summed E-state index contributed by atoms with van der Waals surface area (Å²) >= 11 is 0. The predicted octanol–water partition coefficient (Wildman–Crippen LogP) is 9.67. The molecule has 0 spiro atoms. The van der Waals surface area contributed by atoms with Crippen molar-refractivity contribution in [1.29, 1.82) is 0 Å². The maximum Gasteiger partial charge on any atom is 0.187 e. The molecule has 372 valence electrons. The molecule has 0 aliphatic carbocycles. The summed E-state index contributed by atoms with van der Waals surface area (Å²) in [7, 11) is 0. The van der Waals surface area contributed by atoms with E-state index in [1.54, 1.807) is 0 Å². The number of benzene rings is 6. The maximum atomic E-state index is 12.7. The van der Waals surface area contributed by atoms with Crippen molar-refractivity contribution in [3.63, 3.8) is 0 Å². The SMILES string of the molecule is [N-]=[N+]=NCCCO[C@@H]1O[C@H](COCc2ccccc2)[C@@H](O[C@@H]2O[C@H](COCc3ccccc3)[C@H](OCc3ccccc3)[C@H](O)[C@H]2OCc2ccccc2)[C@H](OCc2ccccc2)[C@H]1OCc1ccccc1. The molecule has 14 heteroatoms. The Kier molecular flexibility index (Phi) is 20.5. The molecule has 0 bridgehead atoms. The lowest BCUT2D eigenvalue weighted by Gasteiger charge is -2.49. The molecule has 0 aromatic heterocycles. The van der Waals surface area contributed by atoms with E-state index in [-0.39, 0.29) is 59.4 Å². The molecule has 6 aromatic carbocycles. The monoisotopic (exact) mass is 965 g/mol. The highest BCUT2D eigenvalue weighted by molar-refractivity contribution is 5.18. The van der Waals surface area contributed by atoms with E-state index in [1.807, 2.05) is 182 Å². The standard InChI is InChI=1S/C57H63N3O11/c58-60-59-32-19-33-64-56-55(68-39-47-30-17-6-18-31-47)54(67-38-46-28-15-5-16-29-46)52(49(69-56)41-63-35-43-22-9-2-10-23-43)71-57-53(66-37-45-26-13-4-14-27-45)50(61)51(65-36-44-24-11-3-12-25-44)48(70-57)40-62-34-42-20-7-1-8-21-42/h1-18,20-31,48-57,61H,19,32-41H2/t48-,49-,50+,51+,52-,53-,54+,55-,56-,57+/m1/s1. The van der Waals surface area contributed by atoms with Crippen molar-refractivity contribution < 1.29 is 52.5 Å². The van der Waals surface area contributed by atoms with Gasteiger partial charge in [-0.15, -0.1) is 0 Å². The van der Waals surface area contributed by atoms with E-state index in [0.29, 0.717) is 13.0 Å². The molecule has 14 nitrogen and oxygen atoms in total. The molecule has 71 heavy (non-hydrogen) atoms. The zero-order valence-electron chi connectivity index (χ0n) is 39.7. The summed E-state index contributed by atoms with van der Waals surface area (Å²) in [4.78, 5) is 2.91. The Bertz CT molecular complexity index is 2420. The van der Waals surface area contributed by atoms with Crippen LogP contribution in [0.25, 0.3) is 10.4 Å². The van der Waals surface area contributed by atoms with Crippen LogP contribution in [-0.4, -0.2) is 92.9 Å². The summed E-state index contributed by atoms with van der Waals surface area (Å²) in [5.74, 6) is 0. The minimum absolute atomic E-state index is 0.0476. The molecule has 2 aliphatic rings. The van der Waals surface area contributed by atoms with Crippen LogP contribution in [0.1, 0.15) is 39.8 Å². The van der Waals surface area contributed by atoms with Gasteiger partial charge < -0.3 is 52.5 Å². The predicted molar refractivity (Wildman–Crippen MR) is 265 cm³/mol. The lowest BCUT2D eigenvalue weighted by Crippen LogP contribution is -2.66. The van der Waals surface area contributed by atoms with Crippen molar-refractivity contribution in [3.8, 4) is 0 Å². The second-order valence-electron chi connectivity index (χ2n) is 17.4. The number of nitrogens with zero attached hydrogens (tertiary/aromatic N) is 3. The molecular formula is C57H63N3O11. The van der Waals surface area contributed by atoms with Crippen molar-refractivity contribution >= 4 is 0 Å². The van der Waals surface area contributed by atoms with Crippen LogP contribution in [0.3, 0.4) is 0 Å². The Hall–Kier alpha value is -5.81. The lowest BCUT2D eigenvalue weighted by atomic mass is 9.96. The maximum absolute atomic E-state index is 12.7. The molecule has 8 rings (SSSR count). The van der Waals surface area contributed by atoms with Gasteiger partial charge in [0.05, 0.1) is 52.9 Å². The van der Waals surface area contributed by atoms with Gasteiger partial charge in [-0.2, -0.15) is 0 Å². The largest absolute Gasteiger partial charge is 0.387 e. The highest BCUT2D eigenvalue weighted by atomic mass is 16.8. The summed E-state index contributed by atoms with van der Waals surface area (Å²) in [6.07, 6.45) is -9.38.